The molecule has 1 amide bonds. The Hall–Kier alpha value is -2.09. The summed E-state index contributed by atoms with van der Waals surface area (Å²) in [6, 6.07) is 11.3. The van der Waals surface area contributed by atoms with Gasteiger partial charge < -0.3 is 23.8 Å². The van der Waals surface area contributed by atoms with Crippen molar-refractivity contribution in [3.63, 3.8) is 0 Å². The molecule has 0 bridgehead atoms. The van der Waals surface area contributed by atoms with Crippen LogP contribution in [0.15, 0.2) is 40.9 Å². The Morgan fingerprint density at radius 2 is 1.58 bits per heavy atom. The maximum Gasteiger partial charge on any atom is 0.255 e. The van der Waals surface area contributed by atoms with Gasteiger partial charge in [-0.1, -0.05) is 30.3 Å². The Morgan fingerprint density at radius 3 is 2.12 bits per heavy atom. The lowest BCUT2D eigenvalue weighted by molar-refractivity contribution is 0.0456. The van der Waals surface area contributed by atoms with Crippen LogP contribution >= 0.6 is 15.9 Å². The van der Waals surface area contributed by atoms with Crippen LogP contribution in [0.4, 0.5) is 0 Å². The van der Waals surface area contributed by atoms with Crippen LogP contribution in [-0.4, -0.2) is 52.7 Å². The number of methoxy groups -OCH3 is 2. The van der Waals surface area contributed by atoms with Crippen molar-refractivity contribution in [1.29, 1.82) is 0 Å². The maximum atomic E-state index is 12.9. The van der Waals surface area contributed by atoms with Gasteiger partial charge in [-0.3, -0.25) is 4.79 Å². The molecule has 26 heavy (non-hydrogen) atoms. The molecule has 0 heterocycles. The molecule has 0 aliphatic carbocycles. The highest BCUT2D eigenvalue weighted by Crippen LogP contribution is 2.43. The lowest BCUT2D eigenvalue weighted by Gasteiger charge is -2.21. The molecular formula is C19H22BrNO5. The summed E-state index contributed by atoms with van der Waals surface area (Å²) in [6.45, 7) is 0.0867. The summed E-state index contributed by atoms with van der Waals surface area (Å²) < 4.78 is 21.9. The van der Waals surface area contributed by atoms with Gasteiger partial charge in [0.1, 0.15) is 11.5 Å². The van der Waals surface area contributed by atoms with E-state index in [1.165, 1.54) is 19.1 Å². The first kappa shape index (κ1) is 20.2. The summed E-state index contributed by atoms with van der Waals surface area (Å²) in [5, 5.41) is 0. The number of nitrogens with zero attached hydrogens (tertiary/aromatic N) is 1. The van der Waals surface area contributed by atoms with Gasteiger partial charge in [0.15, 0.2) is 13.6 Å². The van der Waals surface area contributed by atoms with Crippen LogP contribution in [0, 0.1) is 0 Å². The van der Waals surface area contributed by atoms with E-state index in [-0.39, 0.29) is 19.5 Å². The van der Waals surface area contributed by atoms with Crippen molar-refractivity contribution in [1.82, 2.24) is 4.90 Å². The normalized spacial score (nSPS) is 10.5. The fraction of sp³-hybridized carbons (Fsp3) is 0.316. The third kappa shape index (κ3) is 4.55. The summed E-state index contributed by atoms with van der Waals surface area (Å²) in [5.41, 5.74) is 1.96. The molecule has 6 nitrogen and oxygen atoms in total. The molecule has 2 aromatic rings. The fourth-order valence-electron chi connectivity index (χ4n) is 2.39. The highest BCUT2D eigenvalue weighted by atomic mass is 79.9. The lowest BCUT2D eigenvalue weighted by Crippen LogP contribution is -2.23. The molecule has 140 valence electrons. The lowest BCUT2D eigenvalue weighted by atomic mass is 9.97. The number of amides is 1. The molecule has 0 unspecified atom stereocenters. The number of hydrogen-bond acceptors (Lipinski definition) is 5. The van der Waals surface area contributed by atoms with Gasteiger partial charge >= 0.3 is 0 Å². The van der Waals surface area contributed by atoms with Gasteiger partial charge in [-0.05, 0) is 21.5 Å². The van der Waals surface area contributed by atoms with E-state index in [2.05, 4.69) is 15.9 Å². The van der Waals surface area contributed by atoms with E-state index >= 15 is 0 Å². The van der Waals surface area contributed by atoms with E-state index in [1.54, 1.807) is 20.2 Å². The van der Waals surface area contributed by atoms with Crippen LogP contribution in [0.1, 0.15) is 10.4 Å². The van der Waals surface area contributed by atoms with Crippen molar-refractivity contribution in [3.8, 4) is 22.6 Å². The number of halogens is 1. The number of rotatable bonds is 8. The Bertz CT molecular complexity index is 749. The number of carbonyl (C=O) groups is 1. The van der Waals surface area contributed by atoms with E-state index in [1.807, 2.05) is 30.3 Å². The van der Waals surface area contributed by atoms with Crippen LogP contribution in [0.5, 0.6) is 11.5 Å². The molecule has 0 saturated carbocycles. The number of hydrogen-bond donors (Lipinski definition) is 0. The molecule has 0 radical (unpaired) electrons. The Balaban J connectivity index is 2.74. The molecule has 0 aromatic heterocycles. The minimum atomic E-state index is -0.180. The van der Waals surface area contributed by atoms with Crippen LogP contribution in [0.3, 0.4) is 0 Å². The topological polar surface area (TPSA) is 57.2 Å². The first-order valence-electron chi connectivity index (χ1n) is 7.88. The summed E-state index contributed by atoms with van der Waals surface area (Å²) in [4.78, 5) is 14.4. The second-order valence-corrected chi connectivity index (χ2v) is 6.40. The van der Waals surface area contributed by atoms with E-state index in [4.69, 9.17) is 18.9 Å². The van der Waals surface area contributed by atoms with Crippen LogP contribution < -0.4 is 9.47 Å². The first-order valence-corrected chi connectivity index (χ1v) is 8.67. The third-order valence-electron chi connectivity index (χ3n) is 3.54. The summed E-state index contributed by atoms with van der Waals surface area (Å²) in [5.74, 6) is 0.751. The predicted molar refractivity (Wildman–Crippen MR) is 103 cm³/mol. The van der Waals surface area contributed by atoms with Crippen LogP contribution in [-0.2, 0) is 9.47 Å². The smallest absolute Gasteiger partial charge is 0.255 e. The summed E-state index contributed by atoms with van der Waals surface area (Å²) in [6.07, 6.45) is 0. The molecular weight excluding hydrogens is 402 g/mol. The number of benzene rings is 2. The first-order chi connectivity index (χ1) is 12.5. The van der Waals surface area contributed by atoms with Crippen molar-refractivity contribution >= 4 is 21.8 Å². The summed E-state index contributed by atoms with van der Waals surface area (Å²) in [7, 11) is 6.46. The number of ether oxygens (including phenoxy) is 4. The van der Waals surface area contributed by atoms with Gasteiger partial charge in [0.05, 0.1) is 10.0 Å². The van der Waals surface area contributed by atoms with Gasteiger partial charge in [0.2, 0.25) is 0 Å². The van der Waals surface area contributed by atoms with Gasteiger partial charge in [0, 0.05) is 39.9 Å². The minimum Gasteiger partial charge on any atom is -0.467 e. The van der Waals surface area contributed by atoms with E-state index in [0.717, 1.165) is 5.56 Å². The molecule has 0 atom stereocenters. The molecule has 0 saturated heterocycles. The molecule has 0 fully saturated rings. The average molecular weight is 424 g/mol. The Kier molecular flexibility index (Phi) is 7.44. The van der Waals surface area contributed by atoms with Crippen molar-refractivity contribution < 1.29 is 23.7 Å². The van der Waals surface area contributed by atoms with Gasteiger partial charge in [-0.2, -0.15) is 0 Å². The Labute approximate surface area is 161 Å². The van der Waals surface area contributed by atoms with Gasteiger partial charge in [0.25, 0.3) is 5.91 Å². The summed E-state index contributed by atoms with van der Waals surface area (Å²) >= 11 is 3.52. The highest BCUT2D eigenvalue weighted by Gasteiger charge is 2.26. The van der Waals surface area contributed by atoms with Crippen molar-refractivity contribution in [2.24, 2.45) is 0 Å². The molecule has 0 aliphatic rings. The minimum absolute atomic E-state index is 0.0424. The van der Waals surface area contributed by atoms with Crippen molar-refractivity contribution in [3.05, 3.63) is 46.4 Å². The molecule has 0 spiro atoms. The quantitative estimate of drug-likeness (QED) is 0.604. The van der Waals surface area contributed by atoms with E-state index < -0.39 is 0 Å². The van der Waals surface area contributed by atoms with Crippen molar-refractivity contribution in [2.45, 2.75) is 0 Å². The van der Waals surface area contributed by atoms with E-state index in [0.29, 0.717) is 27.1 Å². The molecule has 2 aromatic carbocycles. The van der Waals surface area contributed by atoms with Crippen LogP contribution in [0.25, 0.3) is 11.1 Å². The average Bonchev–Trinajstić information content (AvgIpc) is 2.65. The maximum absolute atomic E-state index is 12.9. The second kappa shape index (κ2) is 9.56. The molecule has 7 heteroatoms. The SMILES string of the molecule is COCOc1cc(OCOC)c(-c2ccccc2)c(C(=O)N(C)C)c1Br. The molecule has 0 aliphatic heterocycles. The zero-order valence-corrected chi connectivity index (χ0v) is 16.8. The van der Waals surface area contributed by atoms with E-state index in [9.17, 15) is 4.79 Å². The number of carbonyl (C=O) groups excluding carboxylic acids is 1. The zero-order valence-electron chi connectivity index (χ0n) is 15.2. The highest BCUT2D eigenvalue weighted by molar-refractivity contribution is 9.10. The van der Waals surface area contributed by atoms with Crippen molar-refractivity contribution in [2.75, 3.05) is 41.9 Å². The predicted octanol–water partition coefficient (Wildman–Crippen LogP) is 3.78. The van der Waals surface area contributed by atoms with Gasteiger partial charge in [-0.15, -0.1) is 0 Å². The molecule has 2 rings (SSSR count). The largest absolute Gasteiger partial charge is 0.467 e. The standard InChI is InChI=1S/C19H22BrNO5/c1-21(2)19(22)17-16(13-8-6-5-7-9-13)14(25-11-23-3)10-15(18(17)20)26-12-24-4/h5-10H,11-12H2,1-4H3. The zero-order chi connectivity index (χ0) is 19.1. The third-order valence-corrected chi connectivity index (χ3v) is 4.33. The fourth-order valence-corrected chi connectivity index (χ4v) is 2.99. The molecule has 0 N–H and O–H groups in total. The van der Waals surface area contributed by atoms with Gasteiger partial charge in [-0.25, -0.2) is 0 Å². The monoisotopic (exact) mass is 423 g/mol. The second-order valence-electron chi connectivity index (χ2n) is 5.60. The Morgan fingerprint density at radius 1 is 1.00 bits per heavy atom. The van der Waals surface area contributed by atoms with Crippen LogP contribution in [0.2, 0.25) is 0 Å².